The van der Waals surface area contributed by atoms with Crippen molar-refractivity contribution >= 4 is 11.8 Å². The van der Waals surface area contributed by atoms with Crippen LogP contribution in [0.4, 0.5) is 0 Å². The van der Waals surface area contributed by atoms with Crippen molar-refractivity contribution in [1.82, 2.24) is 9.88 Å². The number of aromatic nitrogens is 1. The molecule has 2 N–H and O–H groups in total. The van der Waals surface area contributed by atoms with Crippen molar-refractivity contribution in [1.29, 1.82) is 0 Å². The van der Waals surface area contributed by atoms with Crippen LogP contribution in [0, 0.1) is 5.92 Å². The monoisotopic (exact) mass is 339 g/mol. The Morgan fingerprint density at radius 2 is 1.80 bits per heavy atom. The van der Waals surface area contributed by atoms with E-state index in [-0.39, 0.29) is 17.7 Å². The van der Waals surface area contributed by atoms with E-state index in [2.05, 4.69) is 4.98 Å². The number of piperidine rings is 1. The lowest BCUT2D eigenvalue weighted by molar-refractivity contribution is -0.123. The summed E-state index contributed by atoms with van der Waals surface area (Å²) in [6.45, 7) is 1.44. The summed E-state index contributed by atoms with van der Waals surface area (Å²) in [6.07, 6.45) is 4.64. The predicted molar refractivity (Wildman–Crippen MR) is 92.8 cm³/mol. The topological polar surface area (TPSA) is 85.5 Å². The van der Waals surface area contributed by atoms with E-state index in [4.69, 9.17) is 10.5 Å². The Hall–Kier alpha value is -2.89. The van der Waals surface area contributed by atoms with Crippen LogP contribution in [0.5, 0.6) is 5.75 Å². The smallest absolute Gasteiger partial charge is 0.257 e. The summed E-state index contributed by atoms with van der Waals surface area (Å²) in [5.41, 5.74) is 6.87. The van der Waals surface area contributed by atoms with E-state index in [9.17, 15) is 9.59 Å². The van der Waals surface area contributed by atoms with E-state index in [1.54, 1.807) is 29.4 Å². The molecule has 1 saturated heterocycles. The van der Waals surface area contributed by atoms with Gasteiger partial charge in [-0.05, 0) is 42.7 Å². The number of primary amides is 1. The summed E-state index contributed by atoms with van der Waals surface area (Å²) in [4.78, 5) is 29.8. The molecule has 1 aromatic carbocycles. The Kier molecular flexibility index (Phi) is 5.28. The molecule has 25 heavy (non-hydrogen) atoms. The molecule has 1 aromatic heterocycles. The van der Waals surface area contributed by atoms with E-state index in [1.807, 2.05) is 24.3 Å². The SMILES string of the molecule is NC(=O)C1CCN(C(=O)c2ccccc2OCc2ccncc2)CC1. The first-order valence-corrected chi connectivity index (χ1v) is 8.34. The minimum absolute atomic E-state index is 0.0757. The van der Waals surface area contributed by atoms with Crippen molar-refractivity contribution in [2.24, 2.45) is 11.7 Å². The van der Waals surface area contributed by atoms with Crippen LogP contribution in [-0.2, 0) is 11.4 Å². The number of pyridine rings is 1. The molecule has 0 unspecified atom stereocenters. The molecule has 0 radical (unpaired) electrons. The number of para-hydroxylation sites is 1. The molecular weight excluding hydrogens is 318 g/mol. The van der Waals surface area contributed by atoms with Crippen LogP contribution in [0.3, 0.4) is 0 Å². The quantitative estimate of drug-likeness (QED) is 0.903. The van der Waals surface area contributed by atoms with Crippen LogP contribution in [0.1, 0.15) is 28.8 Å². The third kappa shape index (κ3) is 4.15. The fourth-order valence-electron chi connectivity index (χ4n) is 2.95. The third-order valence-electron chi connectivity index (χ3n) is 4.45. The lowest BCUT2D eigenvalue weighted by atomic mass is 9.96. The normalized spacial score (nSPS) is 15.0. The van der Waals surface area contributed by atoms with Gasteiger partial charge in [0.05, 0.1) is 5.56 Å². The van der Waals surface area contributed by atoms with Crippen molar-refractivity contribution in [3.8, 4) is 5.75 Å². The van der Waals surface area contributed by atoms with E-state index in [0.29, 0.717) is 43.9 Å². The standard InChI is InChI=1S/C19H21N3O3/c20-18(23)15-7-11-22(12-8-15)19(24)16-3-1-2-4-17(16)25-13-14-5-9-21-10-6-14/h1-6,9-10,15H,7-8,11-13H2,(H2,20,23). The van der Waals surface area contributed by atoms with Gasteiger partial charge < -0.3 is 15.4 Å². The van der Waals surface area contributed by atoms with Crippen LogP contribution >= 0.6 is 0 Å². The zero-order valence-corrected chi connectivity index (χ0v) is 13.9. The summed E-state index contributed by atoms with van der Waals surface area (Å²) < 4.78 is 5.85. The average Bonchev–Trinajstić information content (AvgIpc) is 2.67. The number of likely N-dealkylation sites (tertiary alicyclic amines) is 1. The third-order valence-corrected chi connectivity index (χ3v) is 4.45. The van der Waals surface area contributed by atoms with Crippen molar-refractivity contribution in [2.75, 3.05) is 13.1 Å². The maximum atomic E-state index is 12.8. The Bertz CT molecular complexity index is 741. The van der Waals surface area contributed by atoms with Gasteiger partial charge in [0.15, 0.2) is 0 Å². The molecule has 1 fully saturated rings. The first-order valence-electron chi connectivity index (χ1n) is 8.34. The van der Waals surface area contributed by atoms with Gasteiger partial charge in [0.1, 0.15) is 12.4 Å². The van der Waals surface area contributed by atoms with E-state index in [0.717, 1.165) is 5.56 Å². The Morgan fingerprint density at radius 1 is 1.12 bits per heavy atom. The summed E-state index contributed by atoms with van der Waals surface area (Å²) in [5.74, 6) is 0.0602. The zero-order chi connectivity index (χ0) is 17.6. The van der Waals surface area contributed by atoms with Crippen molar-refractivity contribution in [2.45, 2.75) is 19.4 Å². The molecule has 2 aromatic rings. The van der Waals surface area contributed by atoms with Crippen LogP contribution in [0.2, 0.25) is 0 Å². The molecule has 1 aliphatic rings. The van der Waals surface area contributed by atoms with E-state index < -0.39 is 0 Å². The number of nitrogens with two attached hydrogens (primary N) is 1. The number of benzene rings is 1. The summed E-state index contributed by atoms with van der Waals surface area (Å²) in [5, 5.41) is 0. The Balaban J connectivity index is 1.68. The van der Waals surface area contributed by atoms with Gasteiger partial charge in [-0.25, -0.2) is 0 Å². The first kappa shape index (κ1) is 17.0. The van der Waals surface area contributed by atoms with Gasteiger partial charge in [0.2, 0.25) is 5.91 Å². The Labute approximate surface area is 146 Å². The van der Waals surface area contributed by atoms with Gasteiger partial charge in [-0.1, -0.05) is 12.1 Å². The lowest BCUT2D eigenvalue weighted by Gasteiger charge is -2.31. The number of nitrogens with zero attached hydrogens (tertiary/aromatic N) is 2. The summed E-state index contributed by atoms with van der Waals surface area (Å²) >= 11 is 0. The van der Waals surface area contributed by atoms with Crippen LogP contribution in [0.25, 0.3) is 0 Å². The Morgan fingerprint density at radius 3 is 2.48 bits per heavy atom. The van der Waals surface area contributed by atoms with Gasteiger partial charge in [-0.2, -0.15) is 0 Å². The highest BCUT2D eigenvalue weighted by Gasteiger charge is 2.27. The number of hydrogen-bond donors (Lipinski definition) is 1. The molecule has 0 saturated carbocycles. The average molecular weight is 339 g/mol. The highest BCUT2D eigenvalue weighted by molar-refractivity contribution is 5.97. The zero-order valence-electron chi connectivity index (χ0n) is 13.9. The minimum atomic E-state index is -0.284. The molecule has 130 valence electrons. The number of hydrogen-bond acceptors (Lipinski definition) is 4. The van der Waals surface area contributed by atoms with Gasteiger partial charge in [-0.15, -0.1) is 0 Å². The minimum Gasteiger partial charge on any atom is -0.488 e. The fraction of sp³-hybridized carbons (Fsp3) is 0.316. The molecule has 0 spiro atoms. The van der Waals surface area contributed by atoms with Crippen molar-refractivity contribution in [3.05, 3.63) is 59.9 Å². The molecule has 3 rings (SSSR count). The van der Waals surface area contributed by atoms with Gasteiger partial charge >= 0.3 is 0 Å². The number of ether oxygens (including phenoxy) is 1. The van der Waals surface area contributed by atoms with Crippen molar-refractivity contribution < 1.29 is 14.3 Å². The van der Waals surface area contributed by atoms with E-state index >= 15 is 0 Å². The largest absolute Gasteiger partial charge is 0.488 e. The molecule has 6 heteroatoms. The number of carbonyl (C=O) groups is 2. The molecular formula is C19H21N3O3. The maximum absolute atomic E-state index is 12.8. The first-order chi connectivity index (χ1) is 12.1. The summed E-state index contributed by atoms with van der Waals surface area (Å²) in [7, 11) is 0. The van der Waals surface area contributed by atoms with E-state index in [1.165, 1.54) is 0 Å². The summed E-state index contributed by atoms with van der Waals surface area (Å²) in [6, 6.07) is 11.0. The second-order valence-electron chi connectivity index (χ2n) is 6.11. The van der Waals surface area contributed by atoms with Gasteiger partial charge in [0, 0.05) is 31.4 Å². The van der Waals surface area contributed by atoms with Crippen LogP contribution in [-0.4, -0.2) is 34.8 Å². The highest BCUT2D eigenvalue weighted by atomic mass is 16.5. The molecule has 1 aliphatic heterocycles. The second-order valence-corrected chi connectivity index (χ2v) is 6.11. The van der Waals surface area contributed by atoms with Gasteiger partial charge in [0.25, 0.3) is 5.91 Å². The fourth-order valence-corrected chi connectivity index (χ4v) is 2.95. The number of amides is 2. The molecule has 2 amide bonds. The molecule has 0 bridgehead atoms. The molecule has 2 heterocycles. The maximum Gasteiger partial charge on any atom is 0.257 e. The van der Waals surface area contributed by atoms with Crippen LogP contribution < -0.4 is 10.5 Å². The predicted octanol–water partition coefficient (Wildman–Crippen LogP) is 2.00. The van der Waals surface area contributed by atoms with Gasteiger partial charge in [-0.3, -0.25) is 14.6 Å². The lowest BCUT2D eigenvalue weighted by Crippen LogP contribution is -2.41. The second kappa shape index (κ2) is 7.79. The highest BCUT2D eigenvalue weighted by Crippen LogP contribution is 2.24. The molecule has 0 aliphatic carbocycles. The number of rotatable bonds is 5. The molecule has 6 nitrogen and oxygen atoms in total. The molecule has 0 atom stereocenters. The van der Waals surface area contributed by atoms with Crippen LogP contribution in [0.15, 0.2) is 48.8 Å². The number of carbonyl (C=O) groups excluding carboxylic acids is 2. The van der Waals surface area contributed by atoms with Crippen molar-refractivity contribution in [3.63, 3.8) is 0 Å².